The van der Waals surface area contributed by atoms with Crippen LogP contribution in [-0.2, 0) is 6.54 Å². The lowest BCUT2D eigenvalue weighted by Gasteiger charge is -2.12. The SMILES string of the molecule is Cc1nn(-c2ccc(Br)cc2CNC2CC2)c(C)c1Cl. The van der Waals surface area contributed by atoms with E-state index in [1.807, 2.05) is 24.6 Å². The molecule has 0 bridgehead atoms. The maximum Gasteiger partial charge on any atom is 0.0848 e. The molecule has 106 valence electrons. The van der Waals surface area contributed by atoms with Crippen molar-refractivity contribution in [2.75, 3.05) is 0 Å². The van der Waals surface area contributed by atoms with Crippen LogP contribution in [0.25, 0.3) is 5.69 Å². The molecule has 0 spiro atoms. The van der Waals surface area contributed by atoms with Gasteiger partial charge in [0.05, 0.1) is 22.1 Å². The zero-order valence-electron chi connectivity index (χ0n) is 11.6. The topological polar surface area (TPSA) is 29.9 Å². The normalized spacial score (nSPS) is 14.8. The highest BCUT2D eigenvalue weighted by atomic mass is 79.9. The fraction of sp³-hybridized carbons (Fsp3) is 0.400. The van der Waals surface area contributed by atoms with E-state index in [0.29, 0.717) is 6.04 Å². The first kappa shape index (κ1) is 14.1. The highest BCUT2D eigenvalue weighted by Gasteiger charge is 2.21. The summed E-state index contributed by atoms with van der Waals surface area (Å²) in [5.74, 6) is 0. The van der Waals surface area contributed by atoms with Gasteiger partial charge in [0, 0.05) is 17.1 Å². The molecule has 3 rings (SSSR count). The van der Waals surface area contributed by atoms with E-state index in [1.54, 1.807) is 0 Å². The predicted molar refractivity (Wildman–Crippen MR) is 85.6 cm³/mol. The molecule has 3 nitrogen and oxygen atoms in total. The van der Waals surface area contributed by atoms with Crippen LogP contribution in [0.4, 0.5) is 0 Å². The number of nitrogens with zero attached hydrogens (tertiary/aromatic N) is 2. The molecule has 20 heavy (non-hydrogen) atoms. The molecule has 0 radical (unpaired) electrons. The first-order valence-electron chi connectivity index (χ1n) is 6.80. The van der Waals surface area contributed by atoms with Crippen molar-refractivity contribution in [3.8, 4) is 5.69 Å². The minimum atomic E-state index is 0.686. The second-order valence-corrected chi connectivity index (χ2v) is 6.62. The molecule has 0 unspecified atom stereocenters. The molecule has 2 aromatic rings. The molecule has 5 heteroatoms. The summed E-state index contributed by atoms with van der Waals surface area (Å²) >= 11 is 9.81. The van der Waals surface area contributed by atoms with Crippen LogP contribution >= 0.6 is 27.5 Å². The van der Waals surface area contributed by atoms with Crippen molar-refractivity contribution in [1.82, 2.24) is 15.1 Å². The lowest BCUT2D eigenvalue weighted by molar-refractivity contribution is 0.679. The van der Waals surface area contributed by atoms with Crippen molar-refractivity contribution in [3.63, 3.8) is 0 Å². The highest BCUT2D eigenvalue weighted by molar-refractivity contribution is 9.10. The summed E-state index contributed by atoms with van der Waals surface area (Å²) in [4.78, 5) is 0. The molecule has 0 atom stereocenters. The van der Waals surface area contributed by atoms with Gasteiger partial charge in [0.15, 0.2) is 0 Å². The number of hydrogen-bond donors (Lipinski definition) is 1. The Hall–Kier alpha value is -0.840. The van der Waals surface area contributed by atoms with Crippen molar-refractivity contribution < 1.29 is 0 Å². The third-order valence-corrected chi connectivity index (χ3v) is 4.67. The van der Waals surface area contributed by atoms with Gasteiger partial charge in [-0.1, -0.05) is 27.5 Å². The number of halogens is 2. The van der Waals surface area contributed by atoms with E-state index in [2.05, 4.69) is 38.5 Å². The lowest BCUT2D eigenvalue weighted by atomic mass is 10.1. The summed E-state index contributed by atoms with van der Waals surface area (Å²) in [6, 6.07) is 6.96. The largest absolute Gasteiger partial charge is 0.310 e. The van der Waals surface area contributed by atoms with Crippen LogP contribution in [0.3, 0.4) is 0 Å². The van der Waals surface area contributed by atoms with Crippen LogP contribution in [0.5, 0.6) is 0 Å². The molecule has 1 aromatic carbocycles. The standard InChI is InChI=1S/C15H17BrClN3/c1-9-15(17)10(2)20(19-9)14-6-3-12(16)7-11(14)8-18-13-4-5-13/h3,6-7,13,18H,4-5,8H2,1-2H3. The summed E-state index contributed by atoms with van der Waals surface area (Å²) in [6.45, 7) is 4.80. The van der Waals surface area contributed by atoms with Crippen molar-refractivity contribution in [2.45, 2.75) is 39.3 Å². The van der Waals surface area contributed by atoms with Crippen LogP contribution in [0.1, 0.15) is 29.8 Å². The van der Waals surface area contributed by atoms with Gasteiger partial charge in [-0.05, 0) is 50.5 Å². The lowest BCUT2D eigenvalue weighted by Crippen LogP contribution is -2.17. The Labute approximate surface area is 132 Å². The van der Waals surface area contributed by atoms with Crippen molar-refractivity contribution >= 4 is 27.5 Å². The van der Waals surface area contributed by atoms with Crippen LogP contribution in [-0.4, -0.2) is 15.8 Å². The molecule has 1 aromatic heterocycles. The second kappa shape index (κ2) is 5.51. The van der Waals surface area contributed by atoms with Crippen molar-refractivity contribution in [3.05, 3.63) is 44.6 Å². The zero-order chi connectivity index (χ0) is 14.3. The molecule has 1 N–H and O–H groups in total. The Balaban J connectivity index is 2.00. The Morgan fingerprint density at radius 2 is 2.15 bits per heavy atom. The van der Waals surface area contributed by atoms with Crippen LogP contribution in [0.2, 0.25) is 5.02 Å². The molecule has 1 fully saturated rings. The third-order valence-electron chi connectivity index (χ3n) is 3.63. The molecule has 0 aliphatic heterocycles. The summed E-state index contributed by atoms with van der Waals surface area (Å²) in [7, 11) is 0. The van der Waals surface area contributed by atoms with E-state index in [-0.39, 0.29) is 0 Å². The maximum atomic E-state index is 6.26. The number of hydrogen-bond acceptors (Lipinski definition) is 2. The molecular formula is C15H17BrClN3. The van der Waals surface area contributed by atoms with Gasteiger partial charge in [-0.3, -0.25) is 0 Å². The first-order valence-corrected chi connectivity index (χ1v) is 7.97. The number of rotatable bonds is 4. The van der Waals surface area contributed by atoms with Gasteiger partial charge < -0.3 is 5.32 Å². The highest BCUT2D eigenvalue weighted by Crippen LogP contribution is 2.27. The number of nitrogens with one attached hydrogen (secondary N) is 1. The van der Waals surface area contributed by atoms with E-state index < -0.39 is 0 Å². The molecule has 0 amide bonds. The molecule has 1 saturated carbocycles. The van der Waals surface area contributed by atoms with Gasteiger partial charge in [0.25, 0.3) is 0 Å². The van der Waals surface area contributed by atoms with E-state index in [1.165, 1.54) is 18.4 Å². The van der Waals surface area contributed by atoms with Crippen LogP contribution in [0, 0.1) is 13.8 Å². The van der Waals surface area contributed by atoms with E-state index >= 15 is 0 Å². The number of aryl methyl sites for hydroxylation is 1. The third kappa shape index (κ3) is 2.78. The Morgan fingerprint density at radius 3 is 2.75 bits per heavy atom. The summed E-state index contributed by atoms with van der Waals surface area (Å²) in [5.41, 5.74) is 4.18. The second-order valence-electron chi connectivity index (χ2n) is 5.32. The predicted octanol–water partition coefficient (Wildman–Crippen LogP) is 4.16. The van der Waals surface area contributed by atoms with Gasteiger partial charge in [-0.15, -0.1) is 0 Å². The molecule has 1 heterocycles. The molecular weight excluding hydrogens is 338 g/mol. The monoisotopic (exact) mass is 353 g/mol. The van der Waals surface area contributed by atoms with Gasteiger partial charge in [-0.2, -0.15) is 5.10 Å². The summed E-state index contributed by atoms with van der Waals surface area (Å²) in [5, 5.41) is 8.86. The van der Waals surface area contributed by atoms with Crippen LogP contribution < -0.4 is 5.32 Å². The molecule has 1 aliphatic carbocycles. The average molecular weight is 355 g/mol. The summed E-state index contributed by atoms with van der Waals surface area (Å²) < 4.78 is 3.02. The average Bonchev–Trinajstić information content (AvgIpc) is 3.21. The maximum absolute atomic E-state index is 6.26. The quantitative estimate of drug-likeness (QED) is 0.893. The first-order chi connectivity index (χ1) is 9.56. The van der Waals surface area contributed by atoms with E-state index in [0.717, 1.165) is 33.1 Å². The Morgan fingerprint density at radius 1 is 1.40 bits per heavy atom. The van der Waals surface area contributed by atoms with Crippen molar-refractivity contribution in [2.24, 2.45) is 0 Å². The minimum absolute atomic E-state index is 0.686. The minimum Gasteiger partial charge on any atom is -0.310 e. The van der Waals surface area contributed by atoms with Gasteiger partial charge in [-0.25, -0.2) is 4.68 Å². The number of benzene rings is 1. The fourth-order valence-corrected chi connectivity index (χ4v) is 2.83. The Kier molecular flexibility index (Phi) is 3.89. The molecule has 1 aliphatic rings. The van der Waals surface area contributed by atoms with Gasteiger partial charge in [0.1, 0.15) is 0 Å². The smallest absolute Gasteiger partial charge is 0.0848 e. The Bertz CT molecular complexity index is 647. The van der Waals surface area contributed by atoms with Gasteiger partial charge in [0.2, 0.25) is 0 Å². The van der Waals surface area contributed by atoms with Gasteiger partial charge >= 0.3 is 0 Å². The van der Waals surface area contributed by atoms with Crippen LogP contribution in [0.15, 0.2) is 22.7 Å². The van der Waals surface area contributed by atoms with E-state index in [9.17, 15) is 0 Å². The van der Waals surface area contributed by atoms with E-state index in [4.69, 9.17) is 11.6 Å². The zero-order valence-corrected chi connectivity index (χ0v) is 13.9. The molecule has 0 saturated heterocycles. The van der Waals surface area contributed by atoms with Crippen molar-refractivity contribution in [1.29, 1.82) is 0 Å². The fourth-order valence-electron chi connectivity index (χ4n) is 2.30. The number of aromatic nitrogens is 2. The summed E-state index contributed by atoms with van der Waals surface area (Å²) in [6.07, 6.45) is 2.57.